The van der Waals surface area contributed by atoms with Crippen LogP contribution in [0.2, 0.25) is 5.02 Å². The highest BCUT2D eigenvalue weighted by Gasteiger charge is 2.53. The van der Waals surface area contributed by atoms with Gasteiger partial charge in [-0.15, -0.1) is 10.2 Å². The van der Waals surface area contributed by atoms with E-state index in [1.807, 2.05) is 50.4 Å². The molecule has 2 saturated heterocycles. The topological polar surface area (TPSA) is 79.6 Å². The third kappa shape index (κ3) is 3.87. The van der Waals surface area contributed by atoms with E-state index in [2.05, 4.69) is 35.6 Å². The molecule has 9 nitrogen and oxygen atoms in total. The molecular formula is C25H28ClN7O2. The summed E-state index contributed by atoms with van der Waals surface area (Å²) in [6.45, 7) is 8.42. The molecule has 35 heavy (non-hydrogen) atoms. The smallest absolute Gasteiger partial charge is 0.410 e. The fraction of sp³-hybridized carbons (Fsp3) is 0.440. The minimum absolute atomic E-state index is 0.150. The van der Waals surface area contributed by atoms with Gasteiger partial charge < -0.3 is 14.5 Å². The maximum Gasteiger partial charge on any atom is 0.410 e. The Labute approximate surface area is 209 Å². The van der Waals surface area contributed by atoms with Gasteiger partial charge in [0.25, 0.3) is 0 Å². The zero-order valence-electron chi connectivity index (χ0n) is 19.9. The number of amides is 1. The van der Waals surface area contributed by atoms with Crippen LogP contribution in [0.4, 0.5) is 16.6 Å². The molecule has 2 fully saturated rings. The van der Waals surface area contributed by atoms with Crippen LogP contribution in [-0.2, 0) is 17.8 Å². The van der Waals surface area contributed by atoms with Crippen molar-refractivity contribution in [1.29, 1.82) is 0 Å². The Bertz CT molecular complexity index is 1250. The van der Waals surface area contributed by atoms with Crippen molar-refractivity contribution in [3.63, 3.8) is 0 Å². The van der Waals surface area contributed by atoms with Gasteiger partial charge in [0.05, 0.1) is 18.8 Å². The number of nitrogens with zero attached hydrogens (tertiary/aromatic N) is 7. The van der Waals surface area contributed by atoms with Crippen LogP contribution < -0.4 is 9.80 Å². The van der Waals surface area contributed by atoms with Crippen molar-refractivity contribution in [2.24, 2.45) is 5.41 Å². The minimum atomic E-state index is -0.352. The Kier molecular flexibility index (Phi) is 5.32. The number of anilines is 2. The molecule has 1 amide bonds. The van der Waals surface area contributed by atoms with Crippen LogP contribution in [0.1, 0.15) is 31.7 Å². The molecule has 0 bridgehead atoms. The molecular weight excluding hydrogens is 466 g/mol. The van der Waals surface area contributed by atoms with Gasteiger partial charge in [0.15, 0.2) is 5.82 Å². The van der Waals surface area contributed by atoms with E-state index in [1.165, 1.54) is 0 Å². The molecule has 0 saturated carbocycles. The van der Waals surface area contributed by atoms with E-state index in [4.69, 9.17) is 16.3 Å². The number of fused-ring (bicyclic) bond motifs is 3. The molecule has 2 aromatic heterocycles. The molecule has 0 unspecified atom stereocenters. The summed E-state index contributed by atoms with van der Waals surface area (Å²) in [7, 11) is 0. The molecule has 3 aliphatic heterocycles. The van der Waals surface area contributed by atoms with E-state index in [9.17, 15) is 4.79 Å². The average Bonchev–Trinajstić information content (AvgIpc) is 3.12. The van der Waals surface area contributed by atoms with Crippen LogP contribution in [0.25, 0.3) is 5.69 Å². The first-order chi connectivity index (χ1) is 16.9. The van der Waals surface area contributed by atoms with Crippen molar-refractivity contribution in [1.82, 2.24) is 24.6 Å². The summed E-state index contributed by atoms with van der Waals surface area (Å²) in [6.07, 6.45) is 2.10. The first kappa shape index (κ1) is 22.2. The number of carbonyl (C=O) groups is 1. The molecule has 1 spiro atoms. The largest absolute Gasteiger partial charge is 0.446 e. The molecule has 0 radical (unpaired) electrons. The van der Waals surface area contributed by atoms with Gasteiger partial charge >= 0.3 is 6.09 Å². The number of aromatic nitrogens is 4. The molecule has 182 valence electrons. The van der Waals surface area contributed by atoms with Gasteiger partial charge in [-0.2, -0.15) is 0 Å². The number of halogens is 1. The fourth-order valence-corrected chi connectivity index (χ4v) is 5.42. The SMILES string of the molecule is CC[C@@H](C)OC(=O)N1Cc2cc(Cl)ccc2-n2c(nnc2N2CC3(CN(c4ccccn4)C3)C2)C1. The number of pyridine rings is 1. The highest BCUT2D eigenvalue weighted by atomic mass is 35.5. The van der Waals surface area contributed by atoms with Crippen LogP contribution in [-0.4, -0.2) is 63.0 Å². The summed E-state index contributed by atoms with van der Waals surface area (Å²) < 4.78 is 7.69. The Morgan fingerprint density at radius 2 is 1.91 bits per heavy atom. The standard InChI is InChI=1S/C25H28ClN7O2/c1-3-17(2)35-24(34)30-11-18-10-19(26)7-8-20(18)33-22(12-30)28-29-23(33)32-15-25(16-32)13-31(14-25)21-6-4-5-9-27-21/h4-10,17H,3,11-16H2,1-2H3/t17-/m1/s1. The molecule has 5 heterocycles. The third-order valence-electron chi connectivity index (χ3n) is 7.19. The molecule has 10 heteroatoms. The van der Waals surface area contributed by atoms with E-state index in [0.29, 0.717) is 23.9 Å². The monoisotopic (exact) mass is 493 g/mol. The molecule has 0 N–H and O–H groups in total. The normalized spacial score (nSPS) is 18.8. The van der Waals surface area contributed by atoms with Gasteiger partial charge in [-0.25, -0.2) is 9.78 Å². The van der Waals surface area contributed by atoms with E-state index >= 15 is 0 Å². The van der Waals surface area contributed by atoms with Crippen molar-refractivity contribution in [2.45, 2.75) is 39.5 Å². The first-order valence-corrected chi connectivity index (χ1v) is 12.4. The van der Waals surface area contributed by atoms with Crippen LogP contribution in [0.5, 0.6) is 0 Å². The van der Waals surface area contributed by atoms with Gasteiger partial charge in [-0.3, -0.25) is 9.47 Å². The minimum Gasteiger partial charge on any atom is -0.446 e. The number of ether oxygens (including phenoxy) is 1. The summed E-state index contributed by atoms with van der Waals surface area (Å²) >= 11 is 6.34. The van der Waals surface area contributed by atoms with Gasteiger partial charge in [0.1, 0.15) is 11.9 Å². The number of hydrogen-bond acceptors (Lipinski definition) is 7. The maximum atomic E-state index is 12.9. The van der Waals surface area contributed by atoms with Crippen molar-refractivity contribution < 1.29 is 9.53 Å². The molecule has 3 aliphatic rings. The Morgan fingerprint density at radius 1 is 1.11 bits per heavy atom. The van der Waals surface area contributed by atoms with Crippen LogP contribution in [0.3, 0.4) is 0 Å². The Balaban J connectivity index is 1.24. The van der Waals surface area contributed by atoms with Crippen molar-refractivity contribution >= 4 is 29.5 Å². The third-order valence-corrected chi connectivity index (χ3v) is 7.42. The highest BCUT2D eigenvalue weighted by molar-refractivity contribution is 6.30. The van der Waals surface area contributed by atoms with E-state index in [-0.39, 0.29) is 17.6 Å². The zero-order chi connectivity index (χ0) is 24.2. The summed E-state index contributed by atoms with van der Waals surface area (Å²) in [5.41, 5.74) is 2.15. The second kappa shape index (κ2) is 8.41. The Hall–Kier alpha value is -3.33. The number of rotatable bonds is 4. The van der Waals surface area contributed by atoms with Gasteiger partial charge in [0.2, 0.25) is 5.95 Å². The molecule has 3 aromatic rings. The summed E-state index contributed by atoms with van der Waals surface area (Å²) in [5.74, 6) is 2.55. The van der Waals surface area contributed by atoms with E-state index < -0.39 is 0 Å². The molecule has 1 aromatic carbocycles. The molecule has 6 rings (SSSR count). The van der Waals surface area contributed by atoms with E-state index in [1.54, 1.807) is 4.90 Å². The summed E-state index contributed by atoms with van der Waals surface area (Å²) in [6, 6.07) is 11.8. The lowest BCUT2D eigenvalue weighted by molar-refractivity contribution is 0.0637. The number of benzene rings is 1. The number of carbonyl (C=O) groups excluding carboxylic acids is 1. The summed E-state index contributed by atoms with van der Waals surface area (Å²) in [4.78, 5) is 23.6. The summed E-state index contributed by atoms with van der Waals surface area (Å²) in [5, 5.41) is 9.68. The van der Waals surface area contributed by atoms with Crippen molar-refractivity contribution in [3.8, 4) is 5.69 Å². The van der Waals surface area contributed by atoms with Crippen molar-refractivity contribution in [2.75, 3.05) is 36.0 Å². The average molecular weight is 494 g/mol. The highest BCUT2D eigenvalue weighted by Crippen LogP contribution is 2.44. The van der Waals surface area contributed by atoms with E-state index in [0.717, 1.165) is 55.6 Å². The zero-order valence-corrected chi connectivity index (χ0v) is 20.6. The van der Waals surface area contributed by atoms with Gasteiger partial charge in [0, 0.05) is 42.8 Å². The Morgan fingerprint density at radius 3 is 2.66 bits per heavy atom. The molecule has 0 aliphatic carbocycles. The molecule has 1 atom stereocenters. The van der Waals surface area contributed by atoms with Crippen LogP contribution in [0.15, 0.2) is 42.6 Å². The fourth-order valence-electron chi connectivity index (χ4n) is 5.22. The number of hydrogen-bond donors (Lipinski definition) is 0. The lowest BCUT2D eigenvalue weighted by Crippen LogP contribution is -2.73. The van der Waals surface area contributed by atoms with Gasteiger partial charge in [-0.1, -0.05) is 24.6 Å². The van der Waals surface area contributed by atoms with Crippen LogP contribution >= 0.6 is 11.6 Å². The van der Waals surface area contributed by atoms with Gasteiger partial charge in [-0.05, 0) is 49.2 Å². The lowest BCUT2D eigenvalue weighted by Gasteiger charge is -2.60. The first-order valence-electron chi connectivity index (χ1n) is 12.0. The van der Waals surface area contributed by atoms with Crippen LogP contribution in [0, 0.1) is 5.41 Å². The second-order valence-corrected chi connectivity index (χ2v) is 10.3. The predicted molar refractivity (Wildman–Crippen MR) is 133 cm³/mol. The van der Waals surface area contributed by atoms with Crippen molar-refractivity contribution in [3.05, 3.63) is 59.0 Å². The lowest BCUT2D eigenvalue weighted by atomic mass is 9.73. The second-order valence-electron chi connectivity index (χ2n) is 9.88. The predicted octanol–water partition coefficient (Wildman–Crippen LogP) is 3.89. The quantitative estimate of drug-likeness (QED) is 0.545. The maximum absolute atomic E-state index is 12.9.